The molecule has 66 heavy (non-hydrogen) atoms. The number of hydrogen-bond acceptors (Lipinski definition) is 6. The van der Waals surface area contributed by atoms with Crippen LogP contribution in [0.4, 0.5) is 5.69 Å². The molecule has 378 valence electrons. The molecule has 8 heteroatoms. The molecule has 0 aliphatic rings. The van der Waals surface area contributed by atoms with Gasteiger partial charge in [-0.3, -0.25) is 10.1 Å². The van der Waals surface area contributed by atoms with E-state index in [9.17, 15) is 4.79 Å². The number of rotatable bonds is 46. The van der Waals surface area contributed by atoms with Crippen LogP contribution in [0.2, 0.25) is 0 Å². The number of carbonyl (C=O) groups is 1. The molecule has 7 nitrogen and oxygen atoms in total. The molecular formula is C58H100N2O5S. The number of nitrogens with one attached hydrogen (secondary N) is 2. The second kappa shape index (κ2) is 43.3. The van der Waals surface area contributed by atoms with Crippen molar-refractivity contribution in [1.29, 1.82) is 0 Å². The quantitative estimate of drug-likeness (QED) is 0.0506. The highest BCUT2D eigenvalue weighted by Gasteiger charge is 2.20. The van der Waals surface area contributed by atoms with E-state index in [0.29, 0.717) is 49.2 Å². The van der Waals surface area contributed by atoms with E-state index >= 15 is 0 Å². The maximum absolute atomic E-state index is 13.9. The van der Waals surface area contributed by atoms with E-state index < -0.39 is 0 Å². The third-order valence-corrected chi connectivity index (χ3v) is 12.8. The summed E-state index contributed by atoms with van der Waals surface area (Å²) >= 11 is 5.65. The highest BCUT2D eigenvalue weighted by molar-refractivity contribution is 7.80. The average Bonchev–Trinajstić information content (AvgIpc) is 3.32. The Hall–Kier alpha value is -3.00. The van der Waals surface area contributed by atoms with Gasteiger partial charge in [0, 0.05) is 11.3 Å². The minimum Gasteiger partial charge on any atom is -0.494 e. The van der Waals surface area contributed by atoms with Gasteiger partial charge >= 0.3 is 0 Å². The minimum atomic E-state index is -0.319. The summed E-state index contributed by atoms with van der Waals surface area (Å²) in [7, 11) is 0. The third-order valence-electron chi connectivity index (χ3n) is 12.6. The molecule has 2 N–H and O–H groups in total. The van der Waals surface area contributed by atoms with Crippen molar-refractivity contribution in [3.8, 4) is 23.0 Å². The largest absolute Gasteiger partial charge is 0.494 e. The van der Waals surface area contributed by atoms with Crippen molar-refractivity contribution in [2.24, 2.45) is 0 Å². The van der Waals surface area contributed by atoms with Gasteiger partial charge in [-0.05, 0) is 74.3 Å². The number of amides is 1. The first-order chi connectivity index (χ1) is 32.5. The summed E-state index contributed by atoms with van der Waals surface area (Å²) in [6.45, 7) is 11.5. The van der Waals surface area contributed by atoms with Gasteiger partial charge in [0.15, 0.2) is 16.6 Å². The summed E-state index contributed by atoms with van der Waals surface area (Å²) in [6.07, 6.45) is 45.2. The zero-order valence-corrected chi connectivity index (χ0v) is 44.0. The molecule has 2 rings (SSSR count). The highest BCUT2D eigenvalue weighted by Crippen LogP contribution is 2.40. The standard InChI is InChI=1S/C58H100N2O5S/c1-5-9-13-17-21-24-27-30-34-38-46-63-54-49-51(57(61)60-58(66)59-52-41-43-53(44-42-52)62-45-37-33-20-16-12-8-4)50-55(64-47-39-35-31-28-25-22-18-14-10-6-2)56(54)65-48-40-36-32-29-26-23-19-15-11-7-3/h41-44,49-50H,5-40,45-48H2,1-4H3,(H2,59,60,61,66). The van der Waals surface area contributed by atoms with Crippen LogP contribution < -0.4 is 29.6 Å². The maximum Gasteiger partial charge on any atom is 0.257 e. The Bertz CT molecular complexity index is 1390. The number of unbranched alkanes of at least 4 members (excludes halogenated alkanes) is 32. The van der Waals surface area contributed by atoms with Crippen LogP contribution in [0.3, 0.4) is 0 Å². The molecule has 2 aromatic rings. The van der Waals surface area contributed by atoms with E-state index in [1.165, 1.54) is 186 Å². The van der Waals surface area contributed by atoms with Gasteiger partial charge in [0.1, 0.15) is 5.75 Å². The maximum atomic E-state index is 13.9. The Morgan fingerprint density at radius 3 is 1.06 bits per heavy atom. The molecule has 2 aromatic carbocycles. The number of benzene rings is 2. The second-order valence-corrected chi connectivity index (χ2v) is 19.4. The normalized spacial score (nSPS) is 11.2. The fourth-order valence-electron chi connectivity index (χ4n) is 8.42. The molecule has 0 saturated carbocycles. The van der Waals surface area contributed by atoms with Gasteiger partial charge in [-0.2, -0.15) is 0 Å². The van der Waals surface area contributed by atoms with Gasteiger partial charge in [-0.25, -0.2) is 0 Å². The Labute approximate surface area is 411 Å². The van der Waals surface area contributed by atoms with Crippen LogP contribution >= 0.6 is 12.2 Å². The Morgan fingerprint density at radius 1 is 0.409 bits per heavy atom. The van der Waals surface area contributed by atoms with E-state index in [4.69, 9.17) is 31.2 Å². The van der Waals surface area contributed by atoms with Crippen LogP contribution in [0.5, 0.6) is 23.0 Å². The predicted molar refractivity (Wildman–Crippen MR) is 287 cm³/mol. The highest BCUT2D eigenvalue weighted by atomic mass is 32.1. The molecule has 1 amide bonds. The van der Waals surface area contributed by atoms with E-state index in [2.05, 4.69) is 38.3 Å². The van der Waals surface area contributed by atoms with Gasteiger partial charge in [-0.15, -0.1) is 0 Å². The molecule has 0 saturated heterocycles. The molecule has 0 spiro atoms. The smallest absolute Gasteiger partial charge is 0.257 e. The summed E-state index contributed by atoms with van der Waals surface area (Å²) in [4.78, 5) is 13.9. The second-order valence-electron chi connectivity index (χ2n) is 18.9. The zero-order valence-electron chi connectivity index (χ0n) is 43.2. The molecule has 0 unspecified atom stereocenters. The van der Waals surface area contributed by atoms with Crippen molar-refractivity contribution in [1.82, 2.24) is 5.32 Å². The number of anilines is 1. The first-order valence-corrected chi connectivity index (χ1v) is 28.3. The monoisotopic (exact) mass is 937 g/mol. The summed E-state index contributed by atoms with van der Waals surface area (Å²) in [6, 6.07) is 11.4. The van der Waals surface area contributed by atoms with Crippen molar-refractivity contribution in [3.63, 3.8) is 0 Å². The summed E-state index contributed by atoms with van der Waals surface area (Å²) in [5.41, 5.74) is 1.21. The van der Waals surface area contributed by atoms with E-state index in [0.717, 1.165) is 56.4 Å². The first kappa shape index (κ1) is 59.1. The number of hydrogen-bond donors (Lipinski definition) is 2. The fourth-order valence-corrected chi connectivity index (χ4v) is 8.63. The molecule has 0 aromatic heterocycles. The van der Waals surface area contributed by atoms with Crippen LogP contribution in [0, 0.1) is 0 Å². The predicted octanol–water partition coefficient (Wildman–Crippen LogP) is 18.5. The SMILES string of the molecule is CCCCCCCCCCCCOc1cc(C(=O)NC(=S)Nc2ccc(OCCCCCCCC)cc2)cc(OCCCCCCCCCCCC)c1OCCCCCCCCCCCC. The molecule has 0 fully saturated rings. The first-order valence-electron chi connectivity index (χ1n) is 27.9. The topological polar surface area (TPSA) is 78.1 Å². The summed E-state index contributed by atoms with van der Waals surface area (Å²) in [5.74, 6) is 2.26. The van der Waals surface area contributed by atoms with Crippen LogP contribution in [0.1, 0.15) is 269 Å². The fraction of sp³-hybridized carbons (Fsp3) is 0.759. The van der Waals surface area contributed by atoms with Crippen molar-refractivity contribution < 1.29 is 23.7 Å². The van der Waals surface area contributed by atoms with Crippen LogP contribution in [-0.2, 0) is 0 Å². The molecule has 0 aliphatic heterocycles. The lowest BCUT2D eigenvalue weighted by Gasteiger charge is -2.19. The van der Waals surface area contributed by atoms with Gasteiger partial charge in [0.2, 0.25) is 5.75 Å². The zero-order chi connectivity index (χ0) is 47.4. The molecule has 0 radical (unpaired) electrons. The van der Waals surface area contributed by atoms with Crippen molar-refractivity contribution >= 4 is 28.9 Å². The van der Waals surface area contributed by atoms with E-state index in [1.54, 1.807) is 0 Å². The van der Waals surface area contributed by atoms with Crippen molar-refractivity contribution in [3.05, 3.63) is 42.0 Å². The number of thiocarbonyl (C=S) groups is 1. The number of carbonyl (C=O) groups excluding carboxylic acids is 1. The van der Waals surface area contributed by atoms with Gasteiger partial charge in [0.25, 0.3) is 5.91 Å². The lowest BCUT2D eigenvalue weighted by molar-refractivity contribution is 0.0976. The van der Waals surface area contributed by atoms with Gasteiger partial charge in [-0.1, -0.05) is 233 Å². The average molecular weight is 938 g/mol. The van der Waals surface area contributed by atoms with Gasteiger partial charge < -0.3 is 24.3 Å². The summed E-state index contributed by atoms with van der Waals surface area (Å²) in [5, 5.41) is 6.31. The summed E-state index contributed by atoms with van der Waals surface area (Å²) < 4.78 is 25.6. The van der Waals surface area contributed by atoms with Crippen molar-refractivity contribution in [2.45, 2.75) is 259 Å². The molecule has 0 aliphatic carbocycles. The molecule has 0 atom stereocenters. The Balaban J connectivity index is 2.10. The molecular weight excluding hydrogens is 837 g/mol. The van der Waals surface area contributed by atoms with Crippen LogP contribution in [0.15, 0.2) is 36.4 Å². The van der Waals surface area contributed by atoms with E-state index in [-0.39, 0.29) is 11.0 Å². The Kier molecular flexibility index (Phi) is 38.8. The van der Waals surface area contributed by atoms with E-state index in [1.807, 2.05) is 36.4 Å². The van der Waals surface area contributed by atoms with Crippen LogP contribution in [0.25, 0.3) is 0 Å². The minimum absolute atomic E-state index is 0.225. The number of ether oxygens (including phenoxy) is 4. The molecule has 0 heterocycles. The third kappa shape index (κ3) is 31.9. The lowest BCUT2D eigenvalue weighted by atomic mass is 10.1. The van der Waals surface area contributed by atoms with Gasteiger partial charge in [0.05, 0.1) is 26.4 Å². The van der Waals surface area contributed by atoms with Crippen LogP contribution in [-0.4, -0.2) is 37.4 Å². The van der Waals surface area contributed by atoms with Crippen molar-refractivity contribution in [2.75, 3.05) is 31.7 Å². The molecule has 0 bridgehead atoms. The Morgan fingerprint density at radius 2 is 0.712 bits per heavy atom. The lowest BCUT2D eigenvalue weighted by Crippen LogP contribution is -2.34.